The highest BCUT2D eigenvalue weighted by atomic mass is 16.5. The predicted octanol–water partition coefficient (Wildman–Crippen LogP) is 6.70. The van der Waals surface area contributed by atoms with E-state index in [9.17, 15) is 9.90 Å². The third-order valence-corrected chi connectivity index (χ3v) is 6.50. The topological polar surface area (TPSA) is 103 Å². The van der Waals surface area contributed by atoms with Crippen LogP contribution in [0.15, 0.2) is 103 Å². The number of carboxylic acid groups (broad SMARTS) is 1. The van der Waals surface area contributed by atoms with Crippen molar-refractivity contribution in [1.82, 2.24) is 24.7 Å². The molecular formula is C32H25N5O3. The van der Waals surface area contributed by atoms with Crippen molar-refractivity contribution in [2.75, 3.05) is 6.61 Å². The Morgan fingerprint density at radius 3 is 2.08 bits per heavy atom. The van der Waals surface area contributed by atoms with Gasteiger partial charge in [-0.2, -0.15) is 0 Å². The second-order valence-electron chi connectivity index (χ2n) is 9.23. The minimum absolute atomic E-state index is 0.201. The fraction of sp³-hybridized carbons (Fsp3) is 0.0938. The summed E-state index contributed by atoms with van der Waals surface area (Å²) in [5.41, 5.74) is 6.25. The maximum Gasteiger partial charge on any atom is 0.335 e. The number of hydrogen-bond acceptors (Lipinski definition) is 6. The maximum absolute atomic E-state index is 11.4. The van der Waals surface area contributed by atoms with Crippen LogP contribution in [0.5, 0.6) is 5.75 Å². The Bertz CT molecular complexity index is 1790. The first kappa shape index (κ1) is 24.9. The number of fused-ring (bicyclic) bond motifs is 1. The molecule has 196 valence electrons. The van der Waals surface area contributed by atoms with Crippen LogP contribution < -0.4 is 4.74 Å². The Morgan fingerprint density at radius 2 is 1.40 bits per heavy atom. The summed E-state index contributed by atoms with van der Waals surface area (Å²) in [7, 11) is 0. The summed E-state index contributed by atoms with van der Waals surface area (Å²) in [6, 6.07) is 28.5. The number of rotatable bonds is 8. The van der Waals surface area contributed by atoms with Gasteiger partial charge >= 0.3 is 5.97 Å². The quantitative estimate of drug-likeness (QED) is 0.235. The van der Waals surface area contributed by atoms with Crippen molar-refractivity contribution in [2.45, 2.75) is 13.3 Å². The highest BCUT2D eigenvalue weighted by Crippen LogP contribution is 2.29. The average Bonchev–Trinajstić information content (AvgIpc) is 3.46. The summed E-state index contributed by atoms with van der Waals surface area (Å²) in [6.07, 6.45) is 4.28. The van der Waals surface area contributed by atoms with E-state index in [1.165, 1.54) is 0 Å². The van der Waals surface area contributed by atoms with Crippen LogP contribution in [0.25, 0.3) is 50.6 Å². The van der Waals surface area contributed by atoms with Crippen molar-refractivity contribution >= 4 is 17.0 Å². The van der Waals surface area contributed by atoms with Crippen LogP contribution in [0.2, 0.25) is 0 Å². The molecular weight excluding hydrogens is 502 g/mol. The summed E-state index contributed by atoms with van der Waals surface area (Å²) in [5.74, 6) is 1.03. The van der Waals surface area contributed by atoms with E-state index in [1.807, 2.05) is 54.6 Å². The van der Waals surface area contributed by atoms with Crippen molar-refractivity contribution in [3.63, 3.8) is 0 Å². The monoisotopic (exact) mass is 527 g/mol. The molecule has 0 fully saturated rings. The van der Waals surface area contributed by atoms with Crippen LogP contribution in [0.1, 0.15) is 23.7 Å². The number of carboxylic acids is 1. The standard InChI is InChI=1S/C32H25N5O3/c1-2-19-40-27-14-9-22(10-15-27)21-3-5-23(6-4-21)30-35-31(25-11-16-28-29(20-25)34-18-17-33-28)37(36-30)26-12-7-24(8-13-26)32(38)39/h3-18,20H,2,19H2,1H3,(H,38,39). The van der Waals surface area contributed by atoms with Crippen LogP contribution in [0.4, 0.5) is 0 Å². The molecule has 0 aliphatic carbocycles. The van der Waals surface area contributed by atoms with Gasteiger partial charge in [0.25, 0.3) is 0 Å². The summed E-state index contributed by atoms with van der Waals surface area (Å²) in [4.78, 5) is 25.1. The summed E-state index contributed by atoms with van der Waals surface area (Å²) in [5, 5.41) is 14.2. The lowest BCUT2D eigenvalue weighted by molar-refractivity contribution is 0.0697. The number of carbonyl (C=O) groups is 1. The van der Waals surface area contributed by atoms with Crippen molar-refractivity contribution in [1.29, 1.82) is 0 Å². The third kappa shape index (κ3) is 5.02. The zero-order valence-electron chi connectivity index (χ0n) is 21.7. The van der Waals surface area contributed by atoms with Gasteiger partial charge in [-0.3, -0.25) is 9.97 Å². The lowest BCUT2D eigenvalue weighted by atomic mass is 10.0. The normalized spacial score (nSPS) is 11.0. The molecule has 0 bridgehead atoms. The van der Waals surface area contributed by atoms with Gasteiger partial charge in [0.05, 0.1) is 28.9 Å². The van der Waals surface area contributed by atoms with Crippen LogP contribution >= 0.6 is 0 Å². The van der Waals surface area contributed by atoms with Crippen LogP contribution in [0.3, 0.4) is 0 Å². The molecule has 8 nitrogen and oxygen atoms in total. The largest absolute Gasteiger partial charge is 0.494 e. The van der Waals surface area contributed by atoms with Gasteiger partial charge in [-0.15, -0.1) is 5.10 Å². The lowest BCUT2D eigenvalue weighted by Crippen LogP contribution is -2.02. The molecule has 0 radical (unpaired) electrons. The van der Waals surface area contributed by atoms with Crippen molar-refractivity contribution in [3.05, 3.63) is 109 Å². The van der Waals surface area contributed by atoms with E-state index in [2.05, 4.69) is 29.0 Å². The van der Waals surface area contributed by atoms with Gasteiger partial charge in [-0.25, -0.2) is 14.5 Å². The van der Waals surface area contributed by atoms with Gasteiger partial charge in [0.15, 0.2) is 11.6 Å². The smallest absolute Gasteiger partial charge is 0.335 e. The van der Waals surface area contributed by atoms with E-state index < -0.39 is 5.97 Å². The first-order valence-electron chi connectivity index (χ1n) is 12.9. The summed E-state index contributed by atoms with van der Waals surface area (Å²) < 4.78 is 7.42. The minimum Gasteiger partial charge on any atom is -0.494 e. The number of aromatic nitrogens is 5. The van der Waals surface area contributed by atoms with E-state index in [-0.39, 0.29) is 5.56 Å². The molecule has 0 atom stereocenters. The fourth-order valence-electron chi connectivity index (χ4n) is 4.42. The molecule has 0 spiro atoms. The Labute approximate surface area is 230 Å². The minimum atomic E-state index is -0.984. The SMILES string of the molecule is CCCOc1ccc(-c2ccc(-c3nc(-c4ccc5nccnc5c4)n(-c4ccc(C(=O)O)cc4)n3)cc2)cc1. The number of benzene rings is 4. The van der Waals surface area contributed by atoms with Crippen LogP contribution in [-0.4, -0.2) is 42.4 Å². The van der Waals surface area contributed by atoms with Crippen molar-refractivity contribution in [2.24, 2.45) is 0 Å². The molecule has 40 heavy (non-hydrogen) atoms. The van der Waals surface area contributed by atoms with E-state index in [4.69, 9.17) is 14.8 Å². The van der Waals surface area contributed by atoms with Crippen molar-refractivity contribution < 1.29 is 14.6 Å². The first-order valence-corrected chi connectivity index (χ1v) is 12.9. The molecule has 0 saturated heterocycles. The average molecular weight is 528 g/mol. The number of hydrogen-bond donors (Lipinski definition) is 1. The highest BCUT2D eigenvalue weighted by molar-refractivity contribution is 5.88. The van der Waals surface area contributed by atoms with Gasteiger partial charge < -0.3 is 9.84 Å². The summed E-state index contributed by atoms with van der Waals surface area (Å²) >= 11 is 0. The molecule has 0 aliphatic rings. The molecule has 6 aromatic rings. The molecule has 8 heteroatoms. The Balaban J connectivity index is 1.37. The zero-order valence-corrected chi connectivity index (χ0v) is 21.7. The first-order chi connectivity index (χ1) is 19.6. The second kappa shape index (κ2) is 10.8. The fourth-order valence-corrected chi connectivity index (χ4v) is 4.42. The van der Waals surface area contributed by atoms with Gasteiger partial charge in [0.2, 0.25) is 0 Å². The van der Waals surface area contributed by atoms with Gasteiger partial charge in [-0.05, 0) is 72.1 Å². The highest BCUT2D eigenvalue weighted by Gasteiger charge is 2.17. The molecule has 4 aromatic carbocycles. The Kier molecular flexibility index (Phi) is 6.72. The summed E-state index contributed by atoms with van der Waals surface area (Å²) in [6.45, 7) is 2.79. The Hall–Kier alpha value is -5.37. The van der Waals surface area contributed by atoms with E-state index in [0.717, 1.165) is 45.5 Å². The van der Waals surface area contributed by atoms with E-state index in [1.54, 1.807) is 41.3 Å². The zero-order chi connectivity index (χ0) is 27.5. The maximum atomic E-state index is 11.4. The van der Waals surface area contributed by atoms with E-state index in [0.29, 0.717) is 23.9 Å². The molecule has 6 rings (SSSR count). The number of aromatic carboxylic acids is 1. The predicted molar refractivity (Wildman–Crippen MR) is 154 cm³/mol. The number of ether oxygens (including phenoxy) is 1. The van der Waals surface area contributed by atoms with Crippen molar-refractivity contribution in [3.8, 4) is 45.3 Å². The molecule has 0 aliphatic heterocycles. The van der Waals surface area contributed by atoms with Crippen LogP contribution in [0, 0.1) is 0 Å². The number of nitrogens with zero attached hydrogens (tertiary/aromatic N) is 5. The lowest BCUT2D eigenvalue weighted by Gasteiger charge is -2.07. The van der Waals surface area contributed by atoms with E-state index >= 15 is 0 Å². The van der Waals surface area contributed by atoms with Gasteiger partial charge in [0.1, 0.15) is 5.75 Å². The molecule has 0 amide bonds. The molecule has 2 heterocycles. The molecule has 1 N–H and O–H groups in total. The molecule has 2 aromatic heterocycles. The van der Waals surface area contributed by atoms with Crippen LogP contribution in [-0.2, 0) is 0 Å². The molecule has 0 saturated carbocycles. The third-order valence-electron chi connectivity index (χ3n) is 6.50. The molecule has 0 unspecified atom stereocenters. The van der Waals surface area contributed by atoms with Gasteiger partial charge in [0, 0.05) is 23.5 Å². The Morgan fingerprint density at radius 1 is 0.775 bits per heavy atom. The van der Waals surface area contributed by atoms with Gasteiger partial charge in [-0.1, -0.05) is 43.3 Å². The second-order valence-corrected chi connectivity index (χ2v) is 9.23.